The largest absolute Gasteiger partial charge is 0.396 e. The zero-order valence-electron chi connectivity index (χ0n) is 11.3. The van der Waals surface area contributed by atoms with E-state index in [4.69, 9.17) is 5.11 Å². The van der Waals surface area contributed by atoms with Crippen molar-refractivity contribution in [3.63, 3.8) is 0 Å². The molecule has 1 aliphatic heterocycles. The minimum Gasteiger partial charge on any atom is -0.396 e. The molecule has 5 nitrogen and oxygen atoms in total. The molecule has 1 fully saturated rings. The van der Waals surface area contributed by atoms with E-state index in [0.29, 0.717) is 24.7 Å². The average molecular weight is 268 g/mol. The number of nitrogens with one attached hydrogen (secondary N) is 1. The van der Waals surface area contributed by atoms with Gasteiger partial charge in [-0.3, -0.25) is 0 Å². The molecular formula is C13H21FN4O. The van der Waals surface area contributed by atoms with Crippen LogP contribution in [0.4, 0.5) is 16.2 Å². The van der Waals surface area contributed by atoms with Gasteiger partial charge in [-0.05, 0) is 32.6 Å². The first-order valence-electron chi connectivity index (χ1n) is 6.90. The SMILES string of the molecule is CCNc1ncc(F)c(N2CCCCC2CCO)n1. The van der Waals surface area contributed by atoms with Crippen LogP contribution in [0.15, 0.2) is 6.20 Å². The Morgan fingerprint density at radius 3 is 3.11 bits per heavy atom. The second-order valence-corrected chi connectivity index (χ2v) is 4.75. The molecule has 1 aromatic rings. The molecule has 106 valence electrons. The molecule has 6 heteroatoms. The molecule has 2 heterocycles. The Morgan fingerprint density at radius 2 is 2.37 bits per heavy atom. The first-order chi connectivity index (χ1) is 9.26. The van der Waals surface area contributed by atoms with Gasteiger partial charge in [0.1, 0.15) is 0 Å². The van der Waals surface area contributed by atoms with Gasteiger partial charge in [0, 0.05) is 25.7 Å². The Kier molecular flexibility index (Phi) is 4.90. The third kappa shape index (κ3) is 3.32. The van der Waals surface area contributed by atoms with E-state index in [2.05, 4.69) is 15.3 Å². The van der Waals surface area contributed by atoms with E-state index in [1.165, 1.54) is 6.20 Å². The lowest BCUT2D eigenvalue weighted by molar-refractivity contribution is 0.261. The van der Waals surface area contributed by atoms with Crippen molar-refractivity contribution in [2.75, 3.05) is 29.9 Å². The number of hydrogen-bond acceptors (Lipinski definition) is 5. The summed E-state index contributed by atoms with van der Waals surface area (Å²) in [6, 6.07) is 0.164. The molecule has 2 N–H and O–H groups in total. The number of aliphatic hydroxyl groups excluding tert-OH is 1. The fourth-order valence-electron chi connectivity index (χ4n) is 2.53. The van der Waals surface area contributed by atoms with E-state index in [-0.39, 0.29) is 12.6 Å². The van der Waals surface area contributed by atoms with Gasteiger partial charge in [-0.2, -0.15) is 4.98 Å². The molecule has 1 aromatic heterocycles. The van der Waals surface area contributed by atoms with Crippen LogP contribution in [0.25, 0.3) is 0 Å². The monoisotopic (exact) mass is 268 g/mol. The van der Waals surface area contributed by atoms with Crippen LogP contribution in [0.2, 0.25) is 0 Å². The summed E-state index contributed by atoms with van der Waals surface area (Å²) < 4.78 is 14.0. The van der Waals surface area contributed by atoms with Gasteiger partial charge in [0.2, 0.25) is 5.95 Å². The van der Waals surface area contributed by atoms with Crippen molar-refractivity contribution in [2.24, 2.45) is 0 Å². The number of hydrogen-bond donors (Lipinski definition) is 2. The van der Waals surface area contributed by atoms with Crippen LogP contribution < -0.4 is 10.2 Å². The van der Waals surface area contributed by atoms with Crippen LogP contribution in [0.5, 0.6) is 0 Å². The minimum absolute atomic E-state index is 0.119. The second kappa shape index (κ2) is 6.65. The predicted octanol–water partition coefficient (Wildman–Crippen LogP) is 1.79. The predicted molar refractivity (Wildman–Crippen MR) is 72.8 cm³/mol. The topological polar surface area (TPSA) is 61.3 Å². The highest BCUT2D eigenvalue weighted by molar-refractivity contribution is 5.45. The highest BCUT2D eigenvalue weighted by atomic mass is 19.1. The van der Waals surface area contributed by atoms with E-state index in [0.717, 1.165) is 25.8 Å². The standard InChI is InChI=1S/C13H21FN4O/c1-2-15-13-16-9-11(14)12(17-13)18-7-4-3-5-10(18)6-8-19/h9-10,19H,2-8H2,1H3,(H,15,16,17). The zero-order chi connectivity index (χ0) is 13.7. The van der Waals surface area contributed by atoms with Crippen molar-refractivity contribution in [3.05, 3.63) is 12.0 Å². The van der Waals surface area contributed by atoms with Gasteiger partial charge >= 0.3 is 0 Å². The molecule has 0 bridgehead atoms. The van der Waals surface area contributed by atoms with Gasteiger partial charge in [0.25, 0.3) is 0 Å². The van der Waals surface area contributed by atoms with Crippen LogP contribution in [0, 0.1) is 5.82 Å². The molecule has 1 saturated heterocycles. The lowest BCUT2D eigenvalue weighted by atomic mass is 9.99. The first-order valence-corrected chi connectivity index (χ1v) is 6.90. The van der Waals surface area contributed by atoms with E-state index in [1.54, 1.807) is 0 Å². The van der Waals surface area contributed by atoms with Crippen LogP contribution in [-0.2, 0) is 0 Å². The maximum Gasteiger partial charge on any atom is 0.224 e. The number of anilines is 2. The number of aliphatic hydroxyl groups is 1. The molecular weight excluding hydrogens is 247 g/mol. The van der Waals surface area contributed by atoms with Crippen molar-refractivity contribution in [2.45, 2.75) is 38.6 Å². The van der Waals surface area contributed by atoms with Crippen LogP contribution in [0.3, 0.4) is 0 Å². The Labute approximate surface area is 112 Å². The third-order valence-corrected chi connectivity index (χ3v) is 3.42. The summed E-state index contributed by atoms with van der Waals surface area (Å²) in [5.74, 6) is 0.405. The summed E-state index contributed by atoms with van der Waals surface area (Å²) in [6.07, 6.45) is 4.99. The average Bonchev–Trinajstić information content (AvgIpc) is 2.42. The fraction of sp³-hybridized carbons (Fsp3) is 0.692. The van der Waals surface area contributed by atoms with Crippen molar-refractivity contribution in [1.29, 1.82) is 0 Å². The number of nitrogens with zero attached hydrogens (tertiary/aromatic N) is 3. The Balaban J connectivity index is 2.24. The molecule has 0 saturated carbocycles. The van der Waals surface area contributed by atoms with Gasteiger partial charge < -0.3 is 15.3 Å². The molecule has 0 aromatic carbocycles. The summed E-state index contributed by atoms with van der Waals surface area (Å²) in [5, 5.41) is 12.1. The van der Waals surface area contributed by atoms with E-state index < -0.39 is 5.82 Å². The van der Waals surface area contributed by atoms with Gasteiger partial charge in [-0.1, -0.05) is 0 Å². The molecule has 1 aliphatic rings. The lowest BCUT2D eigenvalue weighted by Gasteiger charge is -2.36. The van der Waals surface area contributed by atoms with Gasteiger partial charge in [-0.25, -0.2) is 9.37 Å². The summed E-state index contributed by atoms with van der Waals surface area (Å²) >= 11 is 0. The molecule has 0 spiro atoms. The van der Waals surface area contributed by atoms with Gasteiger partial charge in [-0.15, -0.1) is 0 Å². The fourth-order valence-corrected chi connectivity index (χ4v) is 2.53. The second-order valence-electron chi connectivity index (χ2n) is 4.75. The number of aromatic nitrogens is 2. The van der Waals surface area contributed by atoms with E-state index >= 15 is 0 Å². The third-order valence-electron chi connectivity index (χ3n) is 3.42. The molecule has 1 unspecified atom stereocenters. The summed E-state index contributed by atoms with van der Waals surface area (Å²) in [4.78, 5) is 10.2. The molecule has 0 radical (unpaired) electrons. The van der Waals surface area contributed by atoms with Crippen LogP contribution >= 0.6 is 0 Å². The number of rotatable bonds is 5. The normalized spacial score (nSPS) is 19.5. The maximum absolute atomic E-state index is 14.0. The Bertz CT molecular complexity index is 414. The van der Waals surface area contributed by atoms with Crippen molar-refractivity contribution < 1.29 is 9.50 Å². The van der Waals surface area contributed by atoms with E-state index in [1.807, 2.05) is 11.8 Å². The Morgan fingerprint density at radius 1 is 1.53 bits per heavy atom. The van der Waals surface area contributed by atoms with Crippen LogP contribution in [0.1, 0.15) is 32.6 Å². The smallest absolute Gasteiger partial charge is 0.224 e. The number of halogens is 1. The molecule has 0 aliphatic carbocycles. The van der Waals surface area contributed by atoms with Crippen molar-refractivity contribution >= 4 is 11.8 Å². The van der Waals surface area contributed by atoms with E-state index in [9.17, 15) is 4.39 Å². The highest BCUT2D eigenvalue weighted by Crippen LogP contribution is 2.27. The van der Waals surface area contributed by atoms with Crippen molar-refractivity contribution in [3.8, 4) is 0 Å². The number of piperidine rings is 1. The Hall–Kier alpha value is -1.43. The molecule has 2 rings (SSSR count). The van der Waals surface area contributed by atoms with Crippen molar-refractivity contribution in [1.82, 2.24) is 9.97 Å². The quantitative estimate of drug-likeness (QED) is 0.852. The first kappa shape index (κ1) is 14.0. The molecule has 1 atom stereocenters. The highest BCUT2D eigenvalue weighted by Gasteiger charge is 2.25. The van der Waals surface area contributed by atoms with Crippen LogP contribution in [-0.4, -0.2) is 40.8 Å². The molecule has 0 amide bonds. The zero-order valence-corrected chi connectivity index (χ0v) is 11.3. The van der Waals surface area contributed by atoms with Gasteiger partial charge in [0.05, 0.1) is 6.20 Å². The molecule has 19 heavy (non-hydrogen) atoms. The lowest BCUT2D eigenvalue weighted by Crippen LogP contribution is -2.41. The summed E-state index contributed by atoms with van der Waals surface area (Å²) in [5.41, 5.74) is 0. The minimum atomic E-state index is -0.397. The summed E-state index contributed by atoms with van der Waals surface area (Å²) in [7, 11) is 0. The summed E-state index contributed by atoms with van der Waals surface area (Å²) in [6.45, 7) is 3.55. The van der Waals surface area contributed by atoms with Gasteiger partial charge in [0.15, 0.2) is 11.6 Å². The maximum atomic E-state index is 14.0.